The van der Waals surface area contributed by atoms with Crippen molar-refractivity contribution in [3.8, 4) is 0 Å². The Morgan fingerprint density at radius 3 is 2.46 bits per heavy atom. The summed E-state index contributed by atoms with van der Waals surface area (Å²) in [6.45, 7) is 3.36. The molecule has 26 heavy (non-hydrogen) atoms. The maximum Gasteiger partial charge on any atom is 0.178 e. The van der Waals surface area contributed by atoms with Crippen LogP contribution < -0.4 is 4.90 Å². The third kappa shape index (κ3) is 3.10. The number of carbonyl (C=O) groups is 1. The molecule has 2 aromatic carbocycles. The average molecular weight is 351 g/mol. The highest BCUT2D eigenvalue weighted by molar-refractivity contribution is 6.09. The topological polar surface area (TPSA) is 28.5 Å². The maximum atomic E-state index is 13.9. The Labute approximate surface area is 152 Å². The molecule has 134 valence electrons. The van der Waals surface area contributed by atoms with Crippen molar-refractivity contribution >= 4 is 22.4 Å². The fraction of sp³-hybridized carbons (Fsp3) is 0.286. The molecule has 0 N–H and O–H groups in total. The quantitative estimate of drug-likeness (QED) is 0.675. The van der Waals surface area contributed by atoms with Gasteiger partial charge in [0.15, 0.2) is 5.78 Å². The van der Waals surface area contributed by atoms with E-state index in [4.69, 9.17) is 0 Å². The molecule has 4 nitrogen and oxygen atoms in total. The highest BCUT2D eigenvalue weighted by Crippen LogP contribution is 2.22. The summed E-state index contributed by atoms with van der Waals surface area (Å²) in [6, 6.07) is 14.8. The van der Waals surface area contributed by atoms with Gasteiger partial charge in [0.2, 0.25) is 0 Å². The van der Waals surface area contributed by atoms with Gasteiger partial charge in [-0.15, -0.1) is 0 Å². The van der Waals surface area contributed by atoms with E-state index < -0.39 is 0 Å². The number of nitrogens with zero attached hydrogens (tertiary/aromatic N) is 3. The van der Waals surface area contributed by atoms with Gasteiger partial charge in [-0.1, -0.05) is 30.3 Å². The molecule has 0 radical (unpaired) electrons. The summed E-state index contributed by atoms with van der Waals surface area (Å²) in [5, 5.41) is 1.00. The molecule has 1 aliphatic rings. The number of hydrogen-bond donors (Lipinski definition) is 0. The van der Waals surface area contributed by atoms with Gasteiger partial charge in [0.25, 0.3) is 0 Å². The van der Waals surface area contributed by atoms with Crippen LogP contribution in [0.4, 0.5) is 10.1 Å². The first kappa shape index (κ1) is 16.8. The normalized spacial score (nSPS) is 15.5. The van der Waals surface area contributed by atoms with Crippen molar-refractivity contribution in [1.82, 2.24) is 9.47 Å². The van der Waals surface area contributed by atoms with E-state index in [1.165, 1.54) is 6.07 Å². The van der Waals surface area contributed by atoms with Crippen LogP contribution in [0.5, 0.6) is 0 Å². The van der Waals surface area contributed by atoms with Crippen LogP contribution in [0.25, 0.3) is 10.9 Å². The zero-order valence-electron chi connectivity index (χ0n) is 14.9. The molecule has 0 saturated carbocycles. The SMILES string of the molecule is Cn1cc(C(=O)CN2CCN(c3ccccc3F)CC2)c2ccccc21. The van der Waals surface area contributed by atoms with Gasteiger partial charge in [-0.3, -0.25) is 9.69 Å². The predicted octanol–water partition coefficient (Wildman–Crippen LogP) is 3.32. The summed E-state index contributed by atoms with van der Waals surface area (Å²) >= 11 is 0. The first-order valence-corrected chi connectivity index (χ1v) is 8.92. The molecule has 1 aliphatic heterocycles. The molecule has 0 aliphatic carbocycles. The number of Topliss-reactive ketones (excluding diaryl/α,β-unsaturated/α-hetero) is 1. The van der Waals surface area contributed by atoms with E-state index >= 15 is 0 Å². The van der Waals surface area contributed by atoms with Gasteiger partial charge in [-0.25, -0.2) is 4.39 Å². The fourth-order valence-electron chi connectivity index (χ4n) is 3.71. The molecular weight excluding hydrogens is 329 g/mol. The predicted molar refractivity (Wildman–Crippen MR) is 102 cm³/mol. The van der Waals surface area contributed by atoms with Gasteiger partial charge in [-0.05, 0) is 18.2 Å². The number of carbonyl (C=O) groups excluding carboxylic acids is 1. The lowest BCUT2D eigenvalue weighted by Gasteiger charge is -2.35. The third-order valence-corrected chi connectivity index (χ3v) is 5.13. The summed E-state index contributed by atoms with van der Waals surface area (Å²) in [5.74, 6) is -0.0473. The van der Waals surface area contributed by atoms with Crippen LogP contribution in [0.3, 0.4) is 0 Å². The number of fused-ring (bicyclic) bond motifs is 1. The third-order valence-electron chi connectivity index (χ3n) is 5.13. The van der Waals surface area contributed by atoms with Crippen molar-refractivity contribution in [3.63, 3.8) is 0 Å². The van der Waals surface area contributed by atoms with Crippen LogP contribution in [0.2, 0.25) is 0 Å². The van der Waals surface area contributed by atoms with Crippen molar-refractivity contribution in [2.24, 2.45) is 7.05 Å². The second-order valence-corrected chi connectivity index (χ2v) is 6.81. The molecule has 1 saturated heterocycles. The molecule has 4 rings (SSSR count). The van der Waals surface area contributed by atoms with Crippen molar-refractivity contribution in [3.05, 3.63) is 66.1 Å². The second-order valence-electron chi connectivity index (χ2n) is 6.81. The summed E-state index contributed by atoms with van der Waals surface area (Å²) in [5.41, 5.74) is 2.49. The molecular formula is C21H22FN3O. The Balaban J connectivity index is 1.43. The Morgan fingerprint density at radius 2 is 1.69 bits per heavy atom. The average Bonchev–Trinajstić information content (AvgIpc) is 3.00. The first-order chi connectivity index (χ1) is 12.6. The highest BCUT2D eigenvalue weighted by atomic mass is 19.1. The summed E-state index contributed by atoms with van der Waals surface area (Å²) < 4.78 is 15.9. The Bertz CT molecular complexity index is 941. The summed E-state index contributed by atoms with van der Waals surface area (Å²) in [6.07, 6.45) is 1.92. The van der Waals surface area contributed by atoms with Crippen molar-refractivity contribution in [1.29, 1.82) is 0 Å². The lowest BCUT2D eigenvalue weighted by molar-refractivity contribution is 0.0927. The molecule has 0 spiro atoms. The maximum absolute atomic E-state index is 13.9. The molecule has 0 unspecified atom stereocenters. The minimum Gasteiger partial charge on any atom is -0.367 e. The minimum atomic E-state index is -0.187. The first-order valence-electron chi connectivity index (χ1n) is 8.92. The zero-order valence-corrected chi connectivity index (χ0v) is 14.9. The van der Waals surface area contributed by atoms with Gasteiger partial charge >= 0.3 is 0 Å². The number of aryl methyl sites for hydroxylation is 1. The molecule has 0 atom stereocenters. The van der Waals surface area contributed by atoms with Crippen molar-refractivity contribution in [2.75, 3.05) is 37.6 Å². The van der Waals surface area contributed by atoms with E-state index in [1.54, 1.807) is 6.07 Å². The smallest absolute Gasteiger partial charge is 0.178 e. The largest absolute Gasteiger partial charge is 0.367 e. The molecule has 5 heteroatoms. The lowest BCUT2D eigenvalue weighted by Crippen LogP contribution is -2.48. The lowest BCUT2D eigenvalue weighted by atomic mass is 10.1. The molecule has 1 fully saturated rings. The van der Waals surface area contributed by atoms with E-state index in [9.17, 15) is 9.18 Å². The number of piperazine rings is 1. The molecule has 0 bridgehead atoms. The van der Waals surface area contributed by atoms with Crippen LogP contribution in [0.15, 0.2) is 54.7 Å². The fourth-order valence-corrected chi connectivity index (χ4v) is 3.71. The van der Waals surface area contributed by atoms with Crippen LogP contribution in [-0.4, -0.2) is 48.0 Å². The van der Waals surface area contributed by atoms with Gasteiger partial charge in [0.1, 0.15) is 5.82 Å². The molecule has 3 aromatic rings. The Hall–Kier alpha value is -2.66. The van der Waals surface area contributed by atoms with Crippen molar-refractivity contribution < 1.29 is 9.18 Å². The summed E-state index contributed by atoms with van der Waals surface area (Å²) in [4.78, 5) is 17.0. The standard InChI is InChI=1S/C21H22FN3O/c1-23-14-17(16-6-2-4-8-19(16)23)21(26)15-24-10-12-25(13-11-24)20-9-5-3-7-18(20)22/h2-9,14H,10-13,15H2,1H3. The minimum absolute atomic E-state index is 0.140. The van der Waals surface area contributed by atoms with Crippen LogP contribution in [0, 0.1) is 5.82 Å². The Morgan fingerprint density at radius 1 is 1.00 bits per heavy atom. The second kappa shape index (κ2) is 6.92. The Kier molecular flexibility index (Phi) is 4.47. The van der Waals surface area contributed by atoms with E-state index in [2.05, 4.69) is 4.90 Å². The number of benzene rings is 2. The van der Waals surface area contributed by atoms with E-state index in [1.807, 2.05) is 59.1 Å². The number of rotatable bonds is 4. The van der Waals surface area contributed by atoms with Gasteiger partial charge in [0.05, 0.1) is 12.2 Å². The van der Waals surface area contributed by atoms with E-state index in [0.717, 1.165) is 42.6 Å². The van der Waals surface area contributed by atoms with Gasteiger partial charge in [-0.2, -0.15) is 0 Å². The number of halogens is 1. The van der Waals surface area contributed by atoms with Crippen LogP contribution in [-0.2, 0) is 7.05 Å². The molecule has 0 amide bonds. The van der Waals surface area contributed by atoms with Gasteiger partial charge < -0.3 is 9.47 Å². The molecule has 1 aromatic heterocycles. The van der Waals surface area contributed by atoms with Crippen LogP contribution >= 0.6 is 0 Å². The van der Waals surface area contributed by atoms with E-state index in [-0.39, 0.29) is 11.6 Å². The molecule has 2 heterocycles. The number of anilines is 1. The van der Waals surface area contributed by atoms with E-state index in [0.29, 0.717) is 12.2 Å². The van der Waals surface area contributed by atoms with Gasteiger partial charge in [0, 0.05) is 55.9 Å². The highest BCUT2D eigenvalue weighted by Gasteiger charge is 2.22. The van der Waals surface area contributed by atoms with Crippen LogP contribution in [0.1, 0.15) is 10.4 Å². The summed E-state index contributed by atoms with van der Waals surface area (Å²) in [7, 11) is 1.96. The number of para-hydroxylation sites is 2. The zero-order chi connectivity index (χ0) is 18.1. The number of hydrogen-bond acceptors (Lipinski definition) is 3. The number of ketones is 1. The number of aromatic nitrogens is 1. The van der Waals surface area contributed by atoms with Crippen molar-refractivity contribution in [2.45, 2.75) is 0 Å². The monoisotopic (exact) mass is 351 g/mol.